The van der Waals surface area contributed by atoms with E-state index in [-0.39, 0.29) is 23.6 Å². The molecular formula is C10H22N2O2S. The Labute approximate surface area is 97.6 Å². The highest BCUT2D eigenvalue weighted by Crippen LogP contribution is 1.90. The van der Waals surface area contributed by atoms with Crippen molar-refractivity contribution in [3.63, 3.8) is 0 Å². The molecule has 0 saturated heterocycles. The van der Waals surface area contributed by atoms with Gasteiger partial charge in [0.1, 0.15) is 0 Å². The summed E-state index contributed by atoms with van der Waals surface area (Å²) in [4.78, 5) is 21.9. The van der Waals surface area contributed by atoms with Crippen LogP contribution in [0.3, 0.4) is 0 Å². The van der Waals surface area contributed by atoms with Gasteiger partial charge in [-0.1, -0.05) is 20.8 Å². The predicted octanol–water partition coefficient (Wildman–Crippen LogP) is 0.973. The monoisotopic (exact) mass is 234 g/mol. The molecule has 4 nitrogen and oxygen atoms in total. The summed E-state index contributed by atoms with van der Waals surface area (Å²) >= 11 is 3.92. The van der Waals surface area contributed by atoms with Gasteiger partial charge in [0.05, 0.1) is 11.8 Å². The topological polar surface area (TPSA) is 58.2 Å². The Morgan fingerprint density at radius 1 is 1.27 bits per heavy atom. The fraction of sp³-hybridized carbons (Fsp3) is 0.800. The molecule has 0 aliphatic carbocycles. The van der Waals surface area contributed by atoms with E-state index in [4.69, 9.17) is 0 Å². The van der Waals surface area contributed by atoms with Crippen LogP contribution in [0.15, 0.2) is 0 Å². The highest BCUT2D eigenvalue weighted by molar-refractivity contribution is 7.81. The van der Waals surface area contributed by atoms with Gasteiger partial charge < -0.3 is 10.6 Å². The molecular weight excluding hydrogens is 212 g/mol. The van der Waals surface area contributed by atoms with Gasteiger partial charge in [-0.05, 0) is 13.3 Å². The molecule has 2 amide bonds. The van der Waals surface area contributed by atoms with E-state index in [1.54, 1.807) is 6.92 Å². The summed E-state index contributed by atoms with van der Waals surface area (Å²) in [7, 11) is 0. The molecule has 0 rings (SSSR count). The van der Waals surface area contributed by atoms with E-state index < -0.39 is 0 Å². The van der Waals surface area contributed by atoms with Crippen LogP contribution >= 0.6 is 12.6 Å². The molecule has 90 valence electrons. The molecule has 0 aromatic rings. The number of nitrogens with one attached hydrogen (secondary N) is 2. The van der Waals surface area contributed by atoms with Crippen LogP contribution in [0.2, 0.25) is 0 Å². The van der Waals surface area contributed by atoms with Gasteiger partial charge in [0.2, 0.25) is 11.8 Å². The van der Waals surface area contributed by atoms with Crippen molar-refractivity contribution < 1.29 is 9.59 Å². The molecule has 0 bridgehead atoms. The number of carbonyl (C=O) groups is 2. The first-order valence-electron chi connectivity index (χ1n) is 5.30. The lowest BCUT2D eigenvalue weighted by Gasteiger charge is -2.06. The van der Waals surface area contributed by atoms with Crippen LogP contribution in [0.1, 0.15) is 34.1 Å². The Morgan fingerprint density at radius 2 is 1.80 bits per heavy atom. The summed E-state index contributed by atoms with van der Waals surface area (Å²) in [6.07, 6.45) is 0.892. The van der Waals surface area contributed by atoms with Crippen LogP contribution in [-0.2, 0) is 9.59 Å². The molecule has 0 saturated carbocycles. The van der Waals surface area contributed by atoms with Crippen LogP contribution < -0.4 is 10.6 Å². The van der Waals surface area contributed by atoms with E-state index in [0.717, 1.165) is 6.42 Å². The van der Waals surface area contributed by atoms with E-state index in [0.29, 0.717) is 6.54 Å². The van der Waals surface area contributed by atoms with Crippen LogP contribution in [0.25, 0.3) is 0 Å². The zero-order valence-electron chi connectivity index (χ0n) is 9.96. The van der Waals surface area contributed by atoms with Crippen LogP contribution in [0, 0.1) is 0 Å². The Bertz CT molecular complexity index is 184. The largest absolute Gasteiger partial charge is 0.355 e. The van der Waals surface area contributed by atoms with E-state index >= 15 is 0 Å². The van der Waals surface area contributed by atoms with Crippen molar-refractivity contribution in [3.8, 4) is 0 Å². The minimum absolute atomic E-state index is 0.0315. The maximum atomic E-state index is 11.0. The predicted molar refractivity (Wildman–Crippen MR) is 66.1 cm³/mol. The van der Waals surface area contributed by atoms with Gasteiger partial charge in [-0.3, -0.25) is 9.59 Å². The van der Waals surface area contributed by atoms with Crippen LogP contribution in [0.5, 0.6) is 0 Å². The van der Waals surface area contributed by atoms with Gasteiger partial charge in [-0.25, -0.2) is 0 Å². The third kappa shape index (κ3) is 11.2. The number of thiol groups is 1. The van der Waals surface area contributed by atoms with E-state index in [1.165, 1.54) is 0 Å². The van der Waals surface area contributed by atoms with E-state index in [9.17, 15) is 9.59 Å². The zero-order valence-corrected chi connectivity index (χ0v) is 10.9. The van der Waals surface area contributed by atoms with Gasteiger partial charge in [0.25, 0.3) is 0 Å². The molecule has 1 unspecified atom stereocenters. The van der Waals surface area contributed by atoms with E-state index in [2.05, 4.69) is 23.3 Å². The molecule has 5 heteroatoms. The quantitative estimate of drug-likeness (QED) is 0.621. The molecule has 0 heterocycles. The van der Waals surface area contributed by atoms with Crippen molar-refractivity contribution in [2.75, 3.05) is 13.1 Å². The fourth-order valence-electron chi connectivity index (χ4n) is 0.642. The van der Waals surface area contributed by atoms with Crippen molar-refractivity contribution >= 4 is 24.4 Å². The number of hydrogen-bond donors (Lipinski definition) is 3. The second-order valence-corrected chi connectivity index (χ2v) is 3.52. The third-order valence-electron chi connectivity index (χ3n) is 1.37. The molecule has 0 aliphatic rings. The van der Waals surface area contributed by atoms with Crippen LogP contribution in [-0.4, -0.2) is 30.2 Å². The molecule has 2 N–H and O–H groups in total. The van der Waals surface area contributed by atoms with Gasteiger partial charge in [-0.2, -0.15) is 12.6 Å². The Hall–Kier alpha value is -0.710. The highest BCUT2D eigenvalue weighted by Gasteiger charge is 2.08. The molecule has 0 radical (unpaired) electrons. The first-order chi connectivity index (χ1) is 7.07. The summed E-state index contributed by atoms with van der Waals surface area (Å²) in [5, 5.41) is 4.74. The number of carbonyl (C=O) groups excluding carboxylic acids is 2. The normalized spacial score (nSPS) is 10.7. The second kappa shape index (κ2) is 11.4. The summed E-state index contributed by atoms with van der Waals surface area (Å²) in [5.74, 6) is -0.390. The lowest BCUT2D eigenvalue weighted by atomic mass is 10.4. The molecule has 0 aromatic carbocycles. The average Bonchev–Trinajstić information content (AvgIpc) is 2.25. The molecule has 0 fully saturated rings. The van der Waals surface area contributed by atoms with Gasteiger partial charge in [0, 0.05) is 6.54 Å². The molecule has 1 atom stereocenters. The highest BCUT2D eigenvalue weighted by atomic mass is 32.1. The Kier molecular flexibility index (Phi) is 12.7. The second-order valence-electron chi connectivity index (χ2n) is 2.74. The Morgan fingerprint density at radius 3 is 2.20 bits per heavy atom. The average molecular weight is 234 g/mol. The fourth-order valence-corrected chi connectivity index (χ4v) is 0.733. The maximum Gasteiger partial charge on any atom is 0.239 e. The summed E-state index contributed by atoms with van der Waals surface area (Å²) in [5.41, 5.74) is 0. The molecule has 0 aliphatic heterocycles. The van der Waals surface area contributed by atoms with Crippen molar-refractivity contribution in [3.05, 3.63) is 0 Å². The summed E-state index contributed by atoms with van der Waals surface area (Å²) < 4.78 is 0. The Balaban J connectivity index is 0. The van der Waals surface area contributed by atoms with E-state index in [1.807, 2.05) is 20.8 Å². The lowest BCUT2D eigenvalue weighted by molar-refractivity contribution is -0.125. The smallest absolute Gasteiger partial charge is 0.239 e. The standard InChI is InChI=1S/C8H16N2O2S.C2H6/c1-3-4-9-7(11)5-10-8(12)6(2)13;1-2/h6,13H,3-5H2,1-2H3,(H,9,11)(H,10,12);1-2H3. The SMILES string of the molecule is CC.CCCNC(=O)CNC(=O)C(C)S. The first kappa shape index (κ1) is 16.7. The van der Waals surface area contributed by atoms with Gasteiger partial charge in [-0.15, -0.1) is 0 Å². The van der Waals surface area contributed by atoms with Crippen molar-refractivity contribution in [2.45, 2.75) is 39.4 Å². The molecule has 0 spiro atoms. The summed E-state index contributed by atoms with van der Waals surface area (Å²) in [6.45, 7) is 8.30. The zero-order chi connectivity index (χ0) is 12.3. The number of rotatable bonds is 5. The van der Waals surface area contributed by atoms with Crippen molar-refractivity contribution in [1.82, 2.24) is 10.6 Å². The van der Waals surface area contributed by atoms with Gasteiger partial charge >= 0.3 is 0 Å². The van der Waals surface area contributed by atoms with Crippen LogP contribution in [0.4, 0.5) is 0 Å². The van der Waals surface area contributed by atoms with Gasteiger partial charge in [0.15, 0.2) is 0 Å². The maximum absolute atomic E-state index is 11.0. The van der Waals surface area contributed by atoms with Crippen molar-refractivity contribution in [1.29, 1.82) is 0 Å². The minimum Gasteiger partial charge on any atom is -0.355 e. The third-order valence-corrected chi connectivity index (χ3v) is 1.61. The number of amides is 2. The van der Waals surface area contributed by atoms with Crippen molar-refractivity contribution in [2.24, 2.45) is 0 Å². The summed E-state index contributed by atoms with van der Waals surface area (Å²) in [6, 6.07) is 0. The lowest BCUT2D eigenvalue weighted by Crippen LogP contribution is -2.39. The molecule has 0 aromatic heterocycles. The number of hydrogen-bond acceptors (Lipinski definition) is 3. The molecule has 15 heavy (non-hydrogen) atoms. The first-order valence-corrected chi connectivity index (χ1v) is 5.82. The minimum atomic E-state index is -0.376.